The average molecular weight is 265 g/mol. The Bertz CT molecular complexity index is 422. The summed E-state index contributed by atoms with van der Waals surface area (Å²) in [5, 5.41) is 1.17. The summed E-state index contributed by atoms with van der Waals surface area (Å²) < 4.78 is 0. The molecule has 18 heavy (non-hydrogen) atoms. The molecule has 1 saturated carbocycles. The van der Waals surface area contributed by atoms with Crippen molar-refractivity contribution in [3.05, 3.63) is 16.1 Å². The van der Waals surface area contributed by atoms with E-state index in [9.17, 15) is 4.79 Å². The molecule has 0 unspecified atom stereocenters. The normalized spacial score (nSPS) is 25.1. The lowest BCUT2D eigenvalue weighted by Gasteiger charge is -2.36. The zero-order valence-electron chi connectivity index (χ0n) is 11.8. The Hall–Kier alpha value is -0.700. The van der Waals surface area contributed by atoms with Gasteiger partial charge in [0.25, 0.3) is 0 Å². The fourth-order valence-corrected chi connectivity index (χ4v) is 3.83. The smallest absolute Gasteiger partial charge is 0.171 e. The van der Waals surface area contributed by atoms with E-state index in [1.54, 1.807) is 24.5 Å². The highest BCUT2D eigenvalue weighted by Crippen LogP contribution is 2.43. The zero-order chi connectivity index (χ0) is 13.3. The van der Waals surface area contributed by atoms with Gasteiger partial charge in [-0.25, -0.2) is 4.98 Å². The lowest BCUT2D eigenvalue weighted by Crippen LogP contribution is -2.25. The molecule has 100 valence electrons. The summed E-state index contributed by atoms with van der Waals surface area (Å²) in [5.74, 6) is 1.56. The van der Waals surface area contributed by atoms with Crippen molar-refractivity contribution in [3.8, 4) is 0 Å². The van der Waals surface area contributed by atoms with Crippen molar-refractivity contribution in [1.29, 1.82) is 0 Å². The molecule has 1 aliphatic rings. The molecule has 0 amide bonds. The molecule has 1 aromatic rings. The molecule has 2 rings (SSSR count). The van der Waals surface area contributed by atoms with Crippen LogP contribution in [0.1, 0.15) is 74.0 Å². The van der Waals surface area contributed by atoms with Crippen LogP contribution in [0.4, 0.5) is 0 Å². The minimum atomic E-state index is 0.141. The maximum Gasteiger partial charge on any atom is 0.171 e. The van der Waals surface area contributed by atoms with Crippen LogP contribution < -0.4 is 0 Å². The molecule has 0 atom stereocenters. The molecule has 0 N–H and O–H groups in total. The van der Waals surface area contributed by atoms with Crippen LogP contribution in [0, 0.1) is 11.3 Å². The molecule has 1 aliphatic carbocycles. The van der Waals surface area contributed by atoms with Crippen molar-refractivity contribution in [2.24, 2.45) is 11.3 Å². The van der Waals surface area contributed by atoms with Crippen molar-refractivity contribution in [2.45, 2.75) is 59.3 Å². The molecule has 0 radical (unpaired) electrons. The van der Waals surface area contributed by atoms with Gasteiger partial charge >= 0.3 is 0 Å². The Morgan fingerprint density at radius 1 is 1.28 bits per heavy atom. The van der Waals surface area contributed by atoms with Gasteiger partial charge in [-0.1, -0.05) is 20.8 Å². The molecule has 0 aromatic carbocycles. The maximum atomic E-state index is 11.3. The van der Waals surface area contributed by atoms with Gasteiger partial charge in [-0.15, -0.1) is 11.3 Å². The van der Waals surface area contributed by atoms with Gasteiger partial charge in [-0.05, 0) is 37.0 Å². The van der Waals surface area contributed by atoms with Crippen molar-refractivity contribution >= 4 is 17.1 Å². The number of ketones is 1. The van der Waals surface area contributed by atoms with E-state index in [4.69, 9.17) is 0 Å². The number of aromatic nitrogens is 1. The highest BCUT2D eigenvalue weighted by molar-refractivity contribution is 7.13. The minimum Gasteiger partial charge on any atom is -0.294 e. The molecule has 0 saturated heterocycles. The maximum absolute atomic E-state index is 11.3. The van der Waals surface area contributed by atoms with Crippen LogP contribution in [0.3, 0.4) is 0 Å². The summed E-state index contributed by atoms with van der Waals surface area (Å²) in [4.78, 5) is 16.5. The summed E-state index contributed by atoms with van der Waals surface area (Å²) in [5.41, 5.74) is 0.429. The summed E-state index contributed by atoms with van der Waals surface area (Å²) in [6.45, 7) is 8.65. The van der Waals surface area contributed by atoms with E-state index in [0.29, 0.717) is 11.3 Å². The highest BCUT2D eigenvalue weighted by Gasteiger charge is 2.31. The first kappa shape index (κ1) is 13.7. The fraction of sp³-hybridized carbons (Fsp3) is 0.733. The fourth-order valence-electron chi connectivity index (χ4n) is 2.85. The number of nitrogens with zero attached hydrogens (tertiary/aromatic N) is 1. The van der Waals surface area contributed by atoms with Crippen molar-refractivity contribution < 1.29 is 4.79 Å². The minimum absolute atomic E-state index is 0.141. The SMILES string of the molecule is CC(=O)c1cnc(C2CCC(C(C)(C)C)CC2)s1. The first-order valence-electron chi connectivity index (χ1n) is 6.84. The van der Waals surface area contributed by atoms with Gasteiger partial charge in [0.05, 0.1) is 9.88 Å². The van der Waals surface area contributed by atoms with Crippen LogP contribution >= 0.6 is 11.3 Å². The molecular formula is C15H23NOS. The monoisotopic (exact) mass is 265 g/mol. The number of Topliss-reactive ketones (excluding diaryl/α,β-unsaturated/α-hetero) is 1. The van der Waals surface area contributed by atoms with Gasteiger partial charge in [0.1, 0.15) is 0 Å². The summed E-state index contributed by atoms with van der Waals surface area (Å²) >= 11 is 1.60. The lowest BCUT2D eigenvalue weighted by atomic mass is 9.70. The van der Waals surface area contributed by atoms with Gasteiger partial charge < -0.3 is 0 Å². The standard InChI is InChI=1S/C15H23NOS/c1-10(17)13-9-16-14(18-13)11-5-7-12(8-6-11)15(2,3)4/h9,11-12H,5-8H2,1-4H3. The summed E-state index contributed by atoms with van der Waals surface area (Å²) in [6, 6.07) is 0. The van der Waals surface area contributed by atoms with E-state index in [2.05, 4.69) is 25.8 Å². The molecule has 1 aromatic heterocycles. The third kappa shape index (κ3) is 3.00. The number of rotatable bonds is 2. The summed E-state index contributed by atoms with van der Waals surface area (Å²) in [6.07, 6.45) is 6.80. The highest BCUT2D eigenvalue weighted by atomic mass is 32.1. The molecule has 0 spiro atoms. The number of thiazole rings is 1. The molecule has 1 heterocycles. The molecule has 2 nitrogen and oxygen atoms in total. The second kappa shape index (κ2) is 5.12. The van der Waals surface area contributed by atoms with Gasteiger partial charge in [0, 0.05) is 19.0 Å². The third-order valence-electron chi connectivity index (χ3n) is 4.17. The second-order valence-corrected chi connectivity index (χ2v) is 7.60. The number of carbonyl (C=O) groups excluding carboxylic acids is 1. The summed E-state index contributed by atoms with van der Waals surface area (Å²) in [7, 11) is 0. The van der Waals surface area contributed by atoms with Crippen LogP contribution in [0.15, 0.2) is 6.20 Å². The van der Waals surface area contributed by atoms with Crippen LogP contribution in [0.25, 0.3) is 0 Å². The Kier molecular flexibility index (Phi) is 3.90. The second-order valence-electron chi connectivity index (χ2n) is 6.53. The predicted molar refractivity (Wildman–Crippen MR) is 76.3 cm³/mol. The Balaban J connectivity index is 1.99. The van der Waals surface area contributed by atoms with Gasteiger partial charge in [-0.3, -0.25) is 4.79 Å². The lowest BCUT2D eigenvalue weighted by molar-refractivity contribution is 0.102. The number of carbonyl (C=O) groups is 1. The number of hydrogen-bond donors (Lipinski definition) is 0. The van der Waals surface area contributed by atoms with Crippen LogP contribution in [-0.4, -0.2) is 10.8 Å². The molecular weight excluding hydrogens is 242 g/mol. The zero-order valence-corrected chi connectivity index (χ0v) is 12.6. The van der Waals surface area contributed by atoms with Crippen LogP contribution in [-0.2, 0) is 0 Å². The Morgan fingerprint density at radius 2 is 1.89 bits per heavy atom. The molecule has 3 heteroatoms. The van der Waals surface area contributed by atoms with Crippen LogP contribution in [0.5, 0.6) is 0 Å². The van der Waals surface area contributed by atoms with E-state index < -0.39 is 0 Å². The number of hydrogen-bond acceptors (Lipinski definition) is 3. The third-order valence-corrected chi connectivity index (χ3v) is 5.43. The topological polar surface area (TPSA) is 30.0 Å². The first-order chi connectivity index (χ1) is 8.38. The van der Waals surface area contributed by atoms with Gasteiger partial charge in [0.2, 0.25) is 0 Å². The van der Waals surface area contributed by atoms with Crippen molar-refractivity contribution in [3.63, 3.8) is 0 Å². The molecule has 0 bridgehead atoms. The van der Waals surface area contributed by atoms with Gasteiger partial charge in [-0.2, -0.15) is 0 Å². The Morgan fingerprint density at radius 3 is 2.33 bits per heavy atom. The van der Waals surface area contributed by atoms with E-state index in [1.165, 1.54) is 30.7 Å². The van der Waals surface area contributed by atoms with Crippen molar-refractivity contribution in [1.82, 2.24) is 4.98 Å². The quantitative estimate of drug-likeness (QED) is 0.728. The molecule has 1 fully saturated rings. The Labute approximate surface area is 114 Å². The van der Waals surface area contributed by atoms with Gasteiger partial charge in [0.15, 0.2) is 5.78 Å². The van der Waals surface area contributed by atoms with Crippen molar-refractivity contribution in [2.75, 3.05) is 0 Å². The van der Waals surface area contributed by atoms with E-state index in [1.807, 2.05) is 0 Å². The molecule has 0 aliphatic heterocycles. The van der Waals surface area contributed by atoms with E-state index in [0.717, 1.165) is 10.8 Å². The average Bonchev–Trinajstić information content (AvgIpc) is 2.77. The van der Waals surface area contributed by atoms with E-state index >= 15 is 0 Å². The van der Waals surface area contributed by atoms with Crippen LogP contribution in [0.2, 0.25) is 0 Å². The predicted octanol–water partition coefficient (Wildman–Crippen LogP) is 4.67. The first-order valence-corrected chi connectivity index (χ1v) is 7.66. The largest absolute Gasteiger partial charge is 0.294 e. The van der Waals surface area contributed by atoms with E-state index in [-0.39, 0.29) is 5.78 Å².